The molecule has 7 heteroatoms. The Morgan fingerprint density at radius 3 is 2.26 bits per heavy atom. The SMILES string of the molecule is COCCN(CC(=O)NCC(=O)Nc1ccc(C)cc1)C(=O)CC(C)(C)C. The molecule has 0 aliphatic rings. The van der Waals surface area contributed by atoms with Gasteiger partial charge in [0, 0.05) is 25.8 Å². The average Bonchev–Trinajstić information content (AvgIpc) is 2.57. The fraction of sp³-hybridized carbons (Fsp3) is 0.550. The van der Waals surface area contributed by atoms with Gasteiger partial charge in [-0.3, -0.25) is 14.4 Å². The number of benzene rings is 1. The molecule has 0 saturated heterocycles. The molecular weight excluding hydrogens is 346 g/mol. The molecule has 0 unspecified atom stereocenters. The largest absolute Gasteiger partial charge is 0.383 e. The Labute approximate surface area is 161 Å². The summed E-state index contributed by atoms with van der Waals surface area (Å²) < 4.78 is 5.02. The van der Waals surface area contributed by atoms with Gasteiger partial charge in [-0.1, -0.05) is 38.5 Å². The van der Waals surface area contributed by atoms with Crippen molar-refractivity contribution in [1.29, 1.82) is 0 Å². The number of ether oxygens (including phenoxy) is 1. The molecule has 0 heterocycles. The molecule has 0 aromatic heterocycles. The lowest BCUT2D eigenvalue weighted by Gasteiger charge is -2.26. The van der Waals surface area contributed by atoms with E-state index in [0.717, 1.165) is 5.56 Å². The monoisotopic (exact) mass is 377 g/mol. The number of nitrogens with zero attached hydrogens (tertiary/aromatic N) is 1. The first-order valence-corrected chi connectivity index (χ1v) is 9.00. The number of aryl methyl sites for hydroxylation is 1. The Bertz CT molecular complexity index is 636. The maximum Gasteiger partial charge on any atom is 0.243 e. The van der Waals surface area contributed by atoms with Crippen LogP contribution in [0.25, 0.3) is 0 Å². The van der Waals surface area contributed by atoms with Crippen molar-refractivity contribution in [2.75, 3.05) is 38.7 Å². The third kappa shape index (κ3) is 9.75. The first-order chi connectivity index (χ1) is 12.6. The van der Waals surface area contributed by atoms with Crippen molar-refractivity contribution in [3.63, 3.8) is 0 Å². The lowest BCUT2D eigenvalue weighted by Crippen LogP contribution is -2.44. The summed E-state index contributed by atoms with van der Waals surface area (Å²) in [6.07, 6.45) is 0.331. The van der Waals surface area contributed by atoms with Gasteiger partial charge in [0.15, 0.2) is 0 Å². The predicted molar refractivity (Wildman–Crippen MR) is 105 cm³/mol. The van der Waals surface area contributed by atoms with Gasteiger partial charge in [-0.2, -0.15) is 0 Å². The molecule has 2 N–H and O–H groups in total. The highest BCUT2D eigenvalue weighted by Gasteiger charge is 2.23. The van der Waals surface area contributed by atoms with Crippen LogP contribution in [0.1, 0.15) is 32.8 Å². The van der Waals surface area contributed by atoms with E-state index in [1.807, 2.05) is 39.8 Å². The maximum absolute atomic E-state index is 12.4. The number of carbonyl (C=O) groups is 3. The summed E-state index contributed by atoms with van der Waals surface area (Å²) in [6, 6.07) is 7.38. The number of hydrogen-bond donors (Lipinski definition) is 2. The van der Waals surface area contributed by atoms with Crippen molar-refractivity contribution in [2.45, 2.75) is 34.1 Å². The molecule has 0 saturated carbocycles. The van der Waals surface area contributed by atoms with Crippen LogP contribution in [0.15, 0.2) is 24.3 Å². The van der Waals surface area contributed by atoms with Crippen molar-refractivity contribution >= 4 is 23.4 Å². The van der Waals surface area contributed by atoms with Crippen LogP contribution in [-0.4, -0.2) is 56.0 Å². The Hall–Kier alpha value is -2.41. The zero-order valence-corrected chi connectivity index (χ0v) is 16.9. The molecular formula is C20H31N3O4. The summed E-state index contributed by atoms with van der Waals surface area (Å²) in [5, 5.41) is 5.26. The van der Waals surface area contributed by atoms with Crippen molar-refractivity contribution < 1.29 is 19.1 Å². The molecule has 0 radical (unpaired) electrons. The summed E-state index contributed by atoms with van der Waals surface area (Å²) >= 11 is 0. The van der Waals surface area contributed by atoms with Gasteiger partial charge in [-0.15, -0.1) is 0 Å². The standard InChI is InChI=1S/C20H31N3O4/c1-15-6-8-16(9-7-15)22-17(24)13-21-18(25)14-23(10-11-27-5)19(26)12-20(2,3)4/h6-9H,10-14H2,1-5H3,(H,21,25)(H,22,24). The second-order valence-corrected chi connectivity index (χ2v) is 7.74. The summed E-state index contributed by atoms with van der Waals surface area (Å²) in [7, 11) is 1.54. The second-order valence-electron chi connectivity index (χ2n) is 7.74. The summed E-state index contributed by atoms with van der Waals surface area (Å²) in [5.74, 6) is -0.817. The number of methoxy groups -OCH3 is 1. The average molecular weight is 377 g/mol. The Morgan fingerprint density at radius 1 is 1.07 bits per heavy atom. The molecule has 0 atom stereocenters. The quantitative estimate of drug-likeness (QED) is 0.689. The highest BCUT2D eigenvalue weighted by molar-refractivity contribution is 5.95. The van der Waals surface area contributed by atoms with Crippen LogP contribution in [0.5, 0.6) is 0 Å². The molecule has 3 amide bonds. The van der Waals surface area contributed by atoms with Crippen molar-refractivity contribution in [3.8, 4) is 0 Å². The minimum absolute atomic E-state index is 0.101. The fourth-order valence-corrected chi connectivity index (χ4v) is 2.31. The van der Waals surface area contributed by atoms with Gasteiger partial charge in [-0.25, -0.2) is 0 Å². The van der Waals surface area contributed by atoms with Crippen molar-refractivity contribution in [3.05, 3.63) is 29.8 Å². The Balaban J connectivity index is 2.51. The molecule has 0 aliphatic carbocycles. The van der Waals surface area contributed by atoms with Crippen LogP contribution >= 0.6 is 0 Å². The topological polar surface area (TPSA) is 87.7 Å². The van der Waals surface area contributed by atoms with E-state index in [1.54, 1.807) is 19.2 Å². The summed E-state index contributed by atoms with van der Waals surface area (Å²) in [6.45, 7) is 8.28. The normalized spacial score (nSPS) is 11.0. The van der Waals surface area contributed by atoms with Crippen LogP contribution in [0.2, 0.25) is 0 Å². The molecule has 1 aromatic rings. The molecule has 27 heavy (non-hydrogen) atoms. The van der Waals surface area contributed by atoms with E-state index < -0.39 is 0 Å². The number of carbonyl (C=O) groups excluding carboxylic acids is 3. The minimum Gasteiger partial charge on any atom is -0.383 e. The van der Waals surface area contributed by atoms with E-state index >= 15 is 0 Å². The molecule has 0 fully saturated rings. The molecule has 1 aromatic carbocycles. The number of hydrogen-bond acceptors (Lipinski definition) is 4. The van der Waals surface area contributed by atoms with E-state index in [-0.39, 0.29) is 36.2 Å². The first kappa shape index (κ1) is 22.6. The maximum atomic E-state index is 12.4. The Kier molecular flexibility index (Phi) is 8.94. The van der Waals surface area contributed by atoms with Crippen LogP contribution in [0, 0.1) is 12.3 Å². The number of anilines is 1. The van der Waals surface area contributed by atoms with Crippen LogP contribution in [0.4, 0.5) is 5.69 Å². The smallest absolute Gasteiger partial charge is 0.243 e. The van der Waals surface area contributed by atoms with Crippen molar-refractivity contribution in [2.24, 2.45) is 5.41 Å². The third-order valence-electron chi connectivity index (χ3n) is 3.72. The molecule has 1 rings (SSSR count). The van der Waals surface area contributed by atoms with Gasteiger partial charge in [0.1, 0.15) is 0 Å². The molecule has 0 bridgehead atoms. The Morgan fingerprint density at radius 2 is 1.70 bits per heavy atom. The highest BCUT2D eigenvalue weighted by Crippen LogP contribution is 2.19. The highest BCUT2D eigenvalue weighted by atomic mass is 16.5. The fourth-order valence-electron chi connectivity index (χ4n) is 2.31. The summed E-state index contributed by atoms with van der Waals surface area (Å²) in [4.78, 5) is 38.0. The van der Waals surface area contributed by atoms with Gasteiger partial charge in [0.25, 0.3) is 0 Å². The van der Waals surface area contributed by atoms with E-state index in [1.165, 1.54) is 4.90 Å². The van der Waals surface area contributed by atoms with E-state index in [9.17, 15) is 14.4 Å². The van der Waals surface area contributed by atoms with Gasteiger partial charge in [-0.05, 0) is 24.5 Å². The molecule has 0 spiro atoms. The van der Waals surface area contributed by atoms with Crippen LogP contribution in [-0.2, 0) is 19.1 Å². The van der Waals surface area contributed by atoms with Gasteiger partial charge >= 0.3 is 0 Å². The minimum atomic E-state index is -0.382. The van der Waals surface area contributed by atoms with E-state index in [2.05, 4.69) is 10.6 Å². The van der Waals surface area contributed by atoms with E-state index in [4.69, 9.17) is 4.74 Å². The zero-order chi connectivity index (χ0) is 20.4. The zero-order valence-electron chi connectivity index (χ0n) is 16.9. The molecule has 0 aliphatic heterocycles. The first-order valence-electron chi connectivity index (χ1n) is 9.00. The number of amides is 3. The predicted octanol–water partition coefficient (Wildman–Crippen LogP) is 1.96. The molecule has 7 nitrogen and oxygen atoms in total. The summed E-state index contributed by atoms with van der Waals surface area (Å²) in [5.41, 5.74) is 1.59. The lowest BCUT2D eigenvalue weighted by atomic mass is 9.91. The second kappa shape index (κ2) is 10.7. The van der Waals surface area contributed by atoms with Gasteiger partial charge in [0.05, 0.1) is 19.7 Å². The van der Waals surface area contributed by atoms with Gasteiger partial charge in [0.2, 0.25) is 17.7 Å². The lowest BCUT2D eigenvalue weighted by molar-refractivity contribution is -0.138. The van der Waals surface area contributed by atoms with Crippen LogP contribution in [0.3, 0.4) is 0 Å². The third-order valence-corrected chi connectivity index (χ3v) is 3.72. The molecule has 150 valence electrons. The number of nitrogens with one attached hydrogen (secondary N) is 2. The van der Waals surface area contributed by atoms with Gasteiger partial charge < -0.3 is 20.3 Å². The van der Waals surface area contributed by atoms with Crippen LogP contribution < -0.4 is 10.6 Å². The van der Waals surface area contributed by atoms with Crippen molar-refractivity contribution in [1.82, 2.24) is 10.2 Å². The van der Waals surface area contributed by atoms with E-state index in [0.29, 0.717) is 25.3 Å². The number of rotatable bonds is 9.